The lowest BCUT2D eigenvalue weighted by Gasteiger charge is -2.34. The van der Waals surface area contributed by atoms with Crippen molar-refractivity contribution >= 4 is 12.4 Å². The molecule has 1 aromatic rings. The van der Waals surface area contributed by atoms with Gasteiger partial charge in [-0.05, 0) is 62.7 Å². The van der Waals surface area contributed by atoms with Crippen LogP contribution >= 0.6 is 0 Å². The van der Waals surface area contributed by atoms with Crippen LogP contribution in [0.5, 0.6) is 5.75 Å². The van der Waals surface area contributed by atoms with Gasteiger partial charge in [-0.15, -0.1) is 0 Å². The Labute approximate surface area is 148 Å². The van der Waals surface area contributed by atoms with Crippen molar-refractivity contribution in [2.75, 3.05) is 26.2 Å². The molecular weight excluding hydrogens is 297 g/mol. The Morgan fingerprint density at radius 2 is 1.75 bits per heavy atom. The van der Waals surface area contributed by atoms with Gasteiger partial charge in [0.05, 0.1) is 5.60 Å². The SMILES string of the molecule is CCCN(CC)CCOc1ccc(B2CC(C)(C)C(C)(C)O2)cc1. The Bertz CT molecular complexity index is 497. The molecule has 0 saturated carbocycles. The predicted octanol–water partition coefficient (Wildman–Crippen LogP) is 3.83. The van der Waals surface area contributed by atoms with Gasteiger partial charge in [-0.2, -0.15) is 0 Å². The first-order valence-corrected chi connectivity index (χ1v) is 9.42. The predicted molar refractivity (Wildman–Crippen MR) is 103 cm³/mol. The third-order valence-electron chi connectivity index (χ3n) is 5.68. The molecule has 1 aliphatic rings. The minimum atomic E-state index is -0.0876. The van der Waals surface area contributed by atoms with Crippen molar-refractivity contribution in [1.82, 2.24) is 4.90 Å². The Kier molecular flexibility index (Phi) is 6.38. The topological polar surface area (TPSA) is 21.7 Å². The number of hydrogen-bond donors (Lipinski definition) is 0. The number of hydrogen-bond acceptors (Lipinski definition) is 3. The minimum Gasteiger partial charge on any atom is -0.492 e. The number of rotatable bonds is 8. The summed E-state index contributed by atoms with van der Waals surface area (Å²) in [4.78, 5) is 2.42. The molecule has 0 atom stereocenters. The molecule has 1 heterocycles. The van der Waals surface area contributed by atoms with Crippen molar-refractivity contribution < 1.29 is 9.39 Å². The summed E-state index contributed by atoms with van der Waals surface area (Å²) in [5, 5.41) is 0. The lowest BCUT2D eigenvalue weighted by molar-refractivity contribution is 0.0375. The molecule has 3 nitrogen and oxygen atoms in total. The number of benzene rings is 1. The molecule has 0 aromatic heterocycles. The van der Waals surface area contributed by atoms with E-state index in [1.54, 1.807) is 0 Å². The summed E-state index contributed by atoms with van der Waals surface area (Å²) in [6.07, 6.45) is 2.25. The molecule has 0 N–H and O–H groups in total. The lowest BCUT2D eigenvalue weighted by Crippen LogP contribution is -2.36. The van der Waals surface area contributed by atoms with E-state index in [1.165, 1.54) is 11.9 Å². The van der Waals surface area contributed by atoms with E-state index in [-0.39, 0.29) is 17.9 Å². The third-order valence-corrected chi connectivity index (χ3v) is 5.68. The second-order valence-corrected chi connectivity index (χ2v) is 8.06. The van der Waals surface area contributed by atoms with E-state index in [2.05, 4.69) is 70.7 Å². The van der Waals surface area contributed by atoms with Gasteiger partial charge in [-0.3, -0.25) is 0 Å². The van der Waals surface area contributed by atoms with Crippen LogP contribution in [0.15, 0.2) is 24.3 Å². The van der Waals surface area contributed by atoms with E-state index in [4.69, 9.17) is 9.39 Å². The summed E-state index contributed by atoms with van der Waals surface area (Å²) in [7, 11) is 0. The molecule has 0 radical (unpaired) electrons. The first-order valence-electron chi connectivity index (χ1n) is 9.42. The van der Waals surface area contributed by atoms with Gasteiger partial charge in [0.25, 0.3) is 0 Å². The van der Waals surface area contributed by atoms with Gasteiger partial charge < -0.3 is 14.3 Å². The molecule has 0 bridgehead atoms. The molecule has 0 amide bonds. The smallest absolute Gasteiger partial charge is 0.327 e. The standard InChI is InChI=1S/C20H34BNO2/c1-7-13-22(8-2)14-15-23-18-11-9-17(10-12-18)21-16-19(3,4)20(5,6)24-21/h9-12H,7-8,13-16H2,1-6H3. The molecule has 2 rings (SSSR count). The van der Waals surface area contributed by atoms with Crippen LogP contribution in [-0.4, -0.2) is 43.7 Å². The van der Waals surface area contributed by atoms with Crippen LogP contribution in [0.3, 0.4) is 0 Å². The van der Waals surface area contributed by atoms with Gasteiger partial charge in [-0.1, -0.05) is 39.8 Å². The van der Waals surface area contributed by atoms with Crippen LogP contribution in [0.4, 0.5) is 0 Å². The highest BCUT2D eigenvalue weighted by Crippen LogP contribution is 2.45. The van der Waals surface area contributed by atoms with E-state index in [0.29, 0.717) is 0 Å². The summed E-state index contributed by atoms with van der Waals surface area (Å²) in [6.45, 7) is 17.5. The maximum absolute atomic E-state index is 6.30. The highest BCUT2D eigenvalue weighted by atomic mass is 16.5. The Balaban J connectivity index is 1.88. The molecule has 24 heavy (non-hydrogen) atoms. The average molecular weight is 331 g/mol. The first-order chi connectivity index (χ1) is 11.3. The van der Waals surface area contributed by atoms with E-state index >= 15 is 0 Å². The second-order valence-electron chi connectivity index (χ2n) is 8.06. The zero-order valence-electron chi connectivity index (χ0n) is 16.4. The molecule has 0 spiro atoms. The summed E-state index contributed by atoms with van der Waals surface area (Å²) >= 11 is 0. The van der Waals surface area contributed by atoms with Crippen LogP contribution < -0.4 is 10.2 Å². The van der Waals surface area contributed by atoms with Gasteiger partial charge >= 0.3 is 6.92 Å². The number of ether oxygens (including phenoxy) is 1. The largest absolute Gasteiger partial charge is 0.492 e. The molecule has 1 fully saturated rings. The van der Waals surface area contributed by atoms with E-state index in [1.807, 2.05) is 0 Å². The van der Waals surface area contributed by atoms with Crippen LogP contribution in [0, 0.1) is 5.41 Å². The molecule has 4 heteroatoms. The lowest BCUT2D eigenvalue weighted by atomic mass is 9.54. The van der Waals surface area contributed by atoms with Crippen molar-refractivity contribution in [1.29, 1.82) is 0 Å². The fourth-order valence-electron chi connectivity index (χ4n) is 3.27. The fraction of sp³-hybridized carbons (Fsp3) is 0.700. The maximum Gasteiger partial charge on any atom is 0.327 e. The van der Waals surface area contributed by atoms with Crippen LogP contribution in [0.1, 0.15) is 48.0 Å². The molecule has 1 saturated heterocycles. The Morgan fingerprint density at radius 3 is 2.25 bits per heavy atom. The second kappa shape index (κ2) is 7.92. The first kappa shape index (κ1) is 19.3. The number of nitrogens with zero attached hydrogens (tertiary/aromatic N) is 1. The molecule has 1 aliphatic heterocycles. The summed E-state index contributed by atoms with van der Waals surface area (Å²) in [5.74, 6) is 0.947. The fourth-order valence-corrected chi connectivity index (χ4v) is 3.27. The van der Waals surface area contributed by atoms with Crippen molar-refractivity contribution in [3.05, 3.63) is 24.3 Å². The maximum atomic E-state index is 6.30. The van der Waals surface area contributed by atoms with Crippen LogP contribution in [-0.2, 0) is 4.65 Å². The molecule has 134 valence electrons. The molecule has 1 aromatic carbocycles. The van der Waals surface area contributed by atoms with Gasteiger partial charge in [0.1, 0.15) is 12.4 Å². The van der Waals surface area contributed by atoms with Crippen molar-refractivity contribution in [2.45, 2.75) is 59.9 Å². The molecule has 0 unspecified atom stereocenters. The van der Waals surface area contributed by atoms with Crippen molar-refractivity contribution in [3.8, 4) is 5.75 Å². The Hall–Kier alpha value is -0.995. The highest BCUT2D eigenvalue weighted by Gasteiger charge is 2.49. The van der Waals surface area contributed by atoms with Crippen molar-refractivity contribution in [2.24, 2.45) is 5.41 Å². The summed E-state index contributed by atoms with van der Waals surface area (Å²) in [6, 6.07) is 8.46. The van der Waals surface area contributed by atoms with Gasteiger partial charge in [-0.25, -0.2) is 0 Å². The van der Waals surface area contributed by atoms with Gasteiger partial charge in [0.15, 0.2) is 0 Å². The van der Waals surface area contributed by atoms with E-state index in [0.717, 1.165) is 38.3 Å². The van der Waals surface area contributed by atoms with Crippen molar-refractivity contribution in [3.63, 3.8) is 0 Å². The van der Waals surface area contributed by atoms with Gasteiger partial charge in [0.2, 0.25) is 0 Å². The van der Waals surface area contributed by atoms with E-state index < -0.39 is 0 Å². The summed E-state index contributed by atoms with van der Waals surface area (Å²) < 4.78 is 12.2. The summed E-state index contributed by atoms with van der Waals surface area (Å²) in [5.41, 5.74) is 1.35. The molecule has 0 aliphatic carbocycles. The van der Waals surface area contributed by atoms with E-state index in [9.17, 15) is 0 Å². The third kappa shape index (κ3) is 4.55. The monoisotopic (exact) mass is 331 g/mol. The average Bonchev–Trinajstić information content (AvgIpc) is 2.75. The Morgan fingerprint density at radius 1 is 1.08 bits per heavy atom. The highest BCUT2D eigenvalue weighted by molar-refractivity contribution is 6.68. The zero-order valence-corrected chi connectivity index (χ0v) is 16.4. The number of likely N-dealkylation sites (N-methyl/N-ethyl adjacent to an activating group) is 1. The van der Waals surface area contributed by atoms with Gasteiger partial charge in [0, 0.05) is 6.54 Å². The van der Waals surface area contributed by atoms with Crippen LogP contribution in [0.2, 0.25) is 6.32 Å². The normalized spacial score (nSPS) is 19.0. The molecular formula is C20H34BNO2. The van der Waals surface area contributed by atoms with Crippen LogP contribution in [0.25, 0.3) is 0 Å². The zero-order chi connectivity index (χ0) is 17.8. The minimum absolute atomic E-state index is 0.0876. The quantitative estimate of drug-likeness (QED) is 0.676.